The SMILES string of the molecule is C[C@@H]1CC[C@]2(OC1)O[C@H]1C[C@H]3[C@@H]4CC=C5C[C@@H](OC(=O)NCCOC(=O)NCC(=O)N6CCNCCNCCNCC6)CC[C@]5(C)[C@H]4CC[C@]3(C)[C@H]1[C@@H]2C. The van der Waals surface area contributed by atoms with Gasteiger partial charge in [0.25, 0.3) is 0 Å². The van der Waals surface area contributed by atoms with E-state index in [0.717, 1.165) is 71.3 Å². The van der Waals surface area contributed by atoms with Crippen LogP contribution in [0.3, 0.4) is 0 Å². The van der Waals surface area contributed by atoms with E-state index < -0.39 is 12.2 Å². The van der Waals surface area contributed by atoms with E-state index in [9.17, 15) is 14.4 Å². The molecule has 1 spiro atoms. The van der Waals surface area contributed by atoms with Crippen LogP contribution in [0.2, 0.25) is 0 Å². The molecule has 0 aromatic rings. The number of amides is 3. The summed E-state index contributed by atoms with van der Waals surface area (Å²) >= 11 is 0. The third-order valence-electron chi connectivity index (χ3n) is 15.0. The molecule has 0 aromatic heterocycles. The smallest absolute Gasteiger partial charge is 0.407 e. The number of hydrogen-bond donors (Lipinski definition) is 5. The lowest BCUT2D eigenvalue weighted by atomic mass is 9.47. The molecule has 3 aliphatic heterocycles. The monoisotopic (exact) mass is 757 g/mol. The number of ether oxygens (including phenoxy) is 4. The summed E-state index contributed by atoms with van der Waals surface area (Å²) in [7, 11) is 0. The molecule has 3 heterocycles. The maximum atomic E-state index is 12.8. The number of rotatable bonds is 6. The topological polar surface area (TPSA) is 152 Å². The Morgan fingerprint density at radius 1 is 0.907 bits per heavy atom. The van der Waals surface area contributed by atoms with Crippen LogP contribution in [0.5, 0.6) is 0 Å². The highest BCUT2D eigenvalue weighted by Gasteiger charge is 2.68. The summed E-state index contributed by atoms with van der Waals surface area (Å²) < 4.78 is 24.6. The summed E-state index contributed by atoms with van der Waals surface area (Å²) in [6.07, 6.45) is 11.2. The summed E-state index contributed by atoms with van der Waals surface area (Å²) in [5.74, 6) is 3.09. The fourth-order valence-corrected chi connectivity index (χ4v) is 12.1. The van der Waals surface area contributed by atoms with Gasteiger partial charge in [0, 0.05) is 71.1 Å². The van der Waals surface area contributed by atoms with E-state index in [1.807, 2.05) is 0 Å². The fraction of sp³-hybridized carbons (Fsp3) is 0.878. The van der Waals surface area contributed by atoms with E-state index in [4.69, 9.17) is 18.9 Å². The van der Waals surface area contributed by atoms with E-state index in [-0.39, 0.29) is 42.9 Å². The molecule has 11 atom stereocenters. The second-order valence-corrected chi connectivity index (χ2v) is 18.1. The summed E-state index contributed by atoms with van der Waals surface area (Å²) in [5, 5.41) is 15.3. The predicted molar refractivity (Wildman–Crippen MR) is 205 cm³/mol. The molecule has 7 rings (SSSR count). The molecule has 7 aliphatic rings. The van der Waals surface area contributed by atoms with Crippen molar-refractivity contribution in [1.82, 2.24) is 31.5 Å². The first-order valence-electron chi connectivity index (χ1n) is 21.3. The van der Waals surface area contributed by atoms with Crippen molar-refractivity contribution in [2.24, 2.45) is 46.3 Å². The van der Waals surface area contributed by atoms with Crippen molar-refractivity contribution in [2.45, 2.75) is 103 Å². The van der Waals surface area contributed by atoms with Gasteiger partial charge in [-0.2, -0.15) is 0 Å². The summed E-state index contributed by atoms with van der Waals surface area (Å²) in [5.41, 5.74) is 1.91. The molecule has 13 nitrogen and oxygen atoms in total. The van der Waals surface area contributed by atoms with Gasteiger partial charge in [-0.3, -0.25) is 4.79 Å². The van der Waals surface area contributed by atoms with Crippen molar-refractivity contribution in [2.75, 3.05) is 78.7 Å². The highest BCUT2D eigenvalue weighted by atomic mass is 16.7. The molecule has 13 heteroatoms. The fourth-order valence-electron chi connectivity index (χ4n) is 12.1. The Morgan fingerprint density at radius 3 is 2.37 bits per heavy atom. The number of hydrogen-bond acceptors (Lipinski definition) is 10. The normalized spacial score (nSPS) is 41.1. The van der Waals surface area contributed by atoms with Crippen LogP contribution in [0, 0.1) is 46.3 Å². The Morgan fingerprint density at radius 2 is 1.65 bits per heavy atom. The van der Waals surface area contributed by atoms with Crippen LogP contribution in [0.4, 0.5) is 9.59 Å². The van der Waals surface area contributed by atoms with Crippen LogP contribution in [-0.4, -0.2) is 120 Å². The lowest BCUT2D eigenvalue weighted by molar-refractivity contribution is -0.272. The van der Waals surface area contributed by atoms with Crippen molar-refractivity contribution < 1.29 is 33.3 Å². The average molecular weight is 757 g/mol. The Labute approximate surface area is 322 Å². The molecule has 4 aliphatic carbocycles. The van der Waals surface area contributed by atoms with Crippen molar-refractivity contribution in [1.29, 1.82) is 0 Å². The summed E-state index contributed by atoms with van der Waals surface area (Å²) in [4.78, 5) is 39.6. The van der Waals surface area contributed by atoms with E-state index in [2.05, 4.69) is 60.4 Å². The van der Waals surface area contributed by atoms with E-state index in [1.165, 1.54) is 24.8 Å². The van der Waals surface area contributed by atoms with Crippen LogP contribution in [0.1, 0.15) is 85.5 Å². The maximum Gasteiger partial charge on any atom is 0.407 e. The number of nitrogens with zero attached hydrogens (tertiary/aromatic N) is 1. The quantitative estimate of drug-likeness (QED) is 0.200. The predicted octanol–water partition coefficient (Wildman–Crippen LogP) is 3.79. The first kappa shape index (κ1) is 39.8. The Kier molecular flexibility index (Phi) is 12.5. The Balaban J connectivity index is 0.828. The number of allylic oxidation sites excluding steroid dienone is 1. The summed E-state index contributed by atoms with van der Waals surface area (Å²) in [6, 6.07) is 0. The minimum atomic E-state index is -0.688. The minimum absolute atomic E-state index is 0.0174. The molecule has 5 N–H and O–H groups in total. The van der Waals surface area contributed by atoms with Crippen molar-refractivity contribution >= 4 is 18.1 Å². The first-order valence-corrected chi connectivity index (χ1v) is 21.3. The standard InChI is InChI=1S/C41H68N6O7/c1-27-7-12-41(52-26-27)28(2)36-34(54-41)24-33-31-6-5-29-23-30(8-10-39(29,3)32(31)9-11-40(33,36)4)53-38(50)45-19-22-51-37(49)46-25-35(48)47-20-17-43-15-13-42-14-16-44-18-21-47/h5,27-28,30-34,36,42-44H,6-26H2,1-4H3,(H,45,50)(H,46,49)/t27-,28+,30+,31-,32+,33+,34+,36+,39+,40+,41+/m1/s1. The number of alkyl carbamates (subject to hydrolysis) is 2. The molecular formula is C41H68N6O7. The Bertz CT molecular complexity index is 1360. The molecular weight excluding hydrogens is 688 g/mol. The molecule has 0 aromatic carbocycles. The average Bonchev–Trinajstić information content (AvgIpc) is 3.59. The van der Waals surface area contributed by atoms with E-state index in [0.29, 0.717) is 73.2 Å². The van der Waals surface area contributed by atoms with E-state index >= 15 is 0 Å². The zero-order valence-electron chi connectivity index (χ0n) is 33.4. The number of carbonyl (C=O) groups excluding carboxylic acids is 3. The molecule has 0 unspecified atom stereocenters. The molecule has 3 saturated heterocycles. The molecule has 0 radical (unpaired) electrons. The molecule has 3 amide bonds. The highest BCUT2D eigenvalue weighted by molar-refractivity contribution is 5.82. The lowest BCUT2D eigenvalue weighted by Gasteiger charge is -2.58. The van der Waals surface area contributed by atoms with Gasteiger partial charge < -0.3 is 50.4 Å². The van der Waals surface area contributed by atoms with E-state index in [1.54, 1.807) is 4.90 Å². The van der Waals surface area contributed by atoms with Crippen LogP contribution >= 0.6 is 0 Å². The second kappa shape index (κ2) is 17.0. The lowest BCUT2D eigenvalue weighted by Crippen LogP contribution is -2.52. The van der Waals surface area contributed by atoms with Gasteiger partial charge in [-0.1, -0.05) is 39.3 Å². The second-order valence-electron chi connectivity index (χ2n) is 18.1. The third kappa shape index (κ3) is 8.17. The van der Waals surface area contributed by atoms with Crippen molar-refractivity contribution in [3.8, 4) is 0 Å². The Hall–Kier alpha value is -2.45. The van der Waals surface area contributed by atoms with Crippen LogP contribution in [0.15, 0.2) is 11.6 Å². The largest absolute Gasteiger partial charge is 0.448 e. The van der Waals surface area contributed by atoms with Crippen LogP contribution in [-0.2, 0) is 23.7 Å². The summed E-state index contributed by atoms with van der Waals surface area (Å²) in [6.45, 7) is 16.5. The molecule has 3 saturated carbocycles. The van der Waals surface area contributed by atoms with Gasteiger partial charge in [-0.05, 0) is 85.4 Å². The van der Waals surface area contributed by atoms with Gasteiger partial charge >= 0.3 is 12.2 Å². The minimum Gasteiger partial charge on any atom is -0.448 e. The highest BCUT2D eigenvalue weighted by Crippen LogP contribution is 2.70. The van der Waals surface area contributed by atoms with Gasteiger partial charge in [0.15, 0.2) is 5.79 Å². The third-order valence-corrected chi connectivity index (χ3v) is 15.0. The van der Waals surface area contributed by atoms with Gasteiger partial charge in [-0.25, -0.2) is 9.59 Å². The van der Waals surface area contributed by atoms with Crippen LogP contribution < -0.4 is 26.6 Å². The van der Waals surface area contributed by atoms with Crippen molar-refractivity contribution in [3.05, 3.63) is 11.6 Å². The number of nitrogens with one attached hydrogen (secondary N) is 5. The van der Waals surface area contributed by atoms with Gasteiger partial charge in [0.1, 0.15) is 19.3 Å². The van der Waals surface area contributed by atoms with Gasteiger partial charge in [-0.15, -0.1) is 0 Å². The number of fused-ring (bicyclic) bond motifs is 7. The first-order chi connectivity index (χ1) is 26.0. The zero-order chi connectivity index (χ0) is 37.9. The van der Waals surface area contributed by atoms with Crippen LogP contribution in [0.25, 0.3) is 0 Å². The molecule has 0 bridgehead atoms. The molecule has 304 valence electrons. The molecule has 6 fully saturated rings. The molecule has 54 heavy (non-hydrogen) atoms. The van der Waals surface area contributed by atoms with Gasteiger partial charge in [0.05, 0.1) is 19.3 Å². The van der Waals surface area contributed by atoms with Crippen molar-refractivity contribution in [3.63, 3.8) is 0 Å². The zero-order valence-corrected chi connectivity index (χ0v) is 33.4. The maximum absolute atomic E-state index is 12.8. The number of carbonyl (C=O) groups is 3. The van der Waals surface area contributed by atoms with Gasteiger partial charge in [0.2, 0.25) is 5.91 Å².